The van der Waals surface area contributed by atoms with Gasteiger partial charge in [-0.05, 0) is 37.4 Å². The van der Waals surface area contributed by atoms with Crippen LogP contribution in [0.25, 0.3) is 0 Å². The number of para-hydroxylation sites is 1. The fourth-order valence-electron chi connectivity index (χ4n) is 2.79. The van der Waals surface area contributed by atoms with Crippen LogP contribution in [0, 0.1) is 0 Å². The Hall–Kier alpha value is -2.62. The molecule has 0 spiro atoms. The van der Waals surface area contributed by atoms with E-state index in [-0.39, 0.29) is 17.3 Å². The van der Waals surface area contributed by atoms with Crippen LogP contribution in [0.2, 0.25) is 0 Å². The van der Waals surface area contributed by atoms with Crippen LogP contribution in [-0.2, 0) is 21.4 Å². The zero-order valence-electron chi connectivity index (χ0n) is 17.3. The van der Waals surface area contributed by atoms with Gasteiger partial charge in [0, 0.05) is 31.9 Å². The van der Waals surface area contributed by atoms with E-state index in [0.717, 1.165) is 9.87 Å². The van der Waals surface area contributed by atoms with Gasteiger partial charge in [0.05, 0.1) is 25.7 Å². The van der Waals surface area contributed by atoms with Crippen LogP contribution >= 0.6 is 0 Å². The van der Waals surface area contributed by atoms with E-state index in [0.29, 0.717) is 23.7 Å². The van der Waals surface area contributed by atoms with Gasteiger partial charge in [0.15, 0.2) is 11.5 Å². The van der Waals surface area contributed by atoms with E-state index in [9.17, 15) is 13.2 Å². The molecule has 1 N–H and O–H groups in total. The van der Waals surface area contributed by atoms with Crippen molar-refractivity contribution in [3.63, 3.8) is 0 Å². The van der Waals surface area contributed by atoms with E-state index in [1.807, 2.05) is 30.1 Å². The summed E-state index contributed by atoms with van der Waals surface area (Å²) in [6.45, 7) is 0.645. The van der Waals surface area contributed by atoms with Gasteiger partial charge < -0.3 is 14.8 Å². The zero-order valence-corrected chi connectivity index (χ0v) is 18.1. The monoisotopic (exact) mass is 421 g/mol. The maximum absolute atomic E-state index is 12.3. The SMILES string of the molecule is COc1cccc(CN(C)CC(=O)Nc2ccc(S(=O)(=O)N(C)C)cc2)c1OC. The standard InChI is InChI=1S/C20H27N3O5S/c1-22(2)29(25,26)17-11-9-16(10-12-17)21-19(24)14-23(3)13-15-7-6-8-18(27-4)20(15)28-5/h6-12H,13-14H2,1-5H3,(H,21,24). The Morgan fingerprint density at radius 1 is 1.00 bits per heavy atom. The minimum absolute atomic E-state index is 0.151. The van der Waals surface area contributed by atoms with Gasteiger partial charge in [-0.1, -0.05) is 12.1 Å². The lowest BCUT2D eigenvalue weighted by atomic mass is 10.1. The average molecular weight is 422 g/mol. The molecule has 2 aromatic carbocycles. The molecule has 29 heavy (non-hydrogen) atoms. The van der Waals surface area contributed by atoms with Gasteiger partial charge in [0.25, 0.3) is 0 Å². The predicted octanol–water partition coefficient (Wildman–Crippen LogP) is 2.02. The number of nitrogens with one attached hydrogen (secondary N) is 1. The summed E-state index contributed by atoms with van der Waals surface area (Å²) in [7, 11) is 4.42. The molecule has 0 atom stereocenters. The molecule has 1 amide bonds. The second-order valence-corrected chi connectivity index (χ2v) is 8.84. The number of likely N-dealkylation sites (N-methyl/N-ethyl adjacent to an activating group) is 1. The first-order valence-corrected chi connectivity index (χ1v) is 10.3. The first-order chi connectivity index (χ1) is 13.7. The molecular weight excluding hydrogens is 394 g/mol. The average Bonchev–Trinajstić information content (AvgIpc) is 2.67. The highest BCUT2D eigenvalue weighted by atomic mass is 32.2. The van der Waals surface area contributed by atoms with Gasteiger partial charge >= 0.3 is 0 Å². The van der Waals surface area contributed by atoms with Gasteiger partial charge in [-0.3, -0.25) is 9.69 Å². The number of nitrogens with zero attached hydrogens (tertiary/aromatic N) is 2. The Balaban J connectivity index is 1.99. The molecule has 0 saturated heterocycles. The molecule has 0 aromatic heterocycles. The molecule has 2 rings (SSSR count). The summed E-state index contributed by atoms with van der Waals surface area (Å²) in [6.07, 6.45) is 0. The van der Waals surface area contributed by atoms with Crippen molar-refractivity contribution in [3.8, 4) is 11.5 Å². The van der Waals surface area contributed by atoms with Crippen molar-refractivity contribution in [3.05, 3.63) is 48.0 Å². The van der Waals surface area contributed by atoms with E-state index < -0.39 is 10.0 Å². The maximum atomic E-state index is 12.3. The molecule has 0 aliphatic rings. The molecule has 158 valence electrons. The maximum Gasteiger partial charge on any atom is 0.242 e. The minimum atomic E-state index is -3.50. The Bertz CT molecular complexity index is 943. The molecule has 0 saturated carbocycles. The molecule has 0 fully saturated rings. The van der Waals surface area contributed by atoms with E-state index in [1.54, 1.807) is 26.4 Å². The van der Waals surface area contributed by atoms with Gasteiger partial charge in [-0.2, -0.15) is 0 Å². The highest BCUT2D eigenvalue weighted by Gasteiger charge is 2.17. The van der Waals surface area contributed by atoms with Crippen molar-refractivity contribution in [1.29, 1.82) is 0 Å². The van der Waals surface area contributed by atoms with Crippen LogP contribution < -0.4 is 14.8 Å². The highest BCUT2D eigenvalue weighted by Crippen LogP contribution is 2.31. The van der Waals surface area contributed by atoms with Gasteiger partial charge in [0.2, 0.25) is 15.9 Å². The van der Waals surface area contributed by atoms with E-state index in [2.05, 4.69) is 5.32 Å². The lowest BCUT2D eigenvalue weighted by Gasteiger charge is -2.19. The summed E-state index contributed by atoms with van der Waals surface area (Å²) in [4.78, 5) is 14.4. The van der Waals surface area contributed by atoms with Gasteiger partial charge in [0.1, 0.15) is 0 Å². The van der Waals surface area contributed by atoms with Crippen molar-refractivity contribution < 1.29 is 22.7 Å². The van der Waals surface area contributed by atoms with Gasteiger partial charge in [-0.15, -0.1) is 0 Å². The number of amides is 1. The fourth-order valence-corrected chi connectivity index (χ4v) is 3.69. The predicted molar refractivity (Wildman–Crippen MR) is 112 cm³/mol. The second kappa shape index (κ2) is 9.73. The van der Waals surface area contributed by atoms with Crippen molar-refractivity contribution >= 4 is 21.6 Å². The third-order valence-electron chi connectivity index (χ3n) is 4.25. The lowest BCUT2D eigenvalue weighted by Crippen LogP contribution is -2.30. The first kappa shape index (κ1) is 22.7. The smallest absolute Gasteiger partial charge is 0.242 e. The van der Waals surface area contributed by atoms with Crippen molar-refractivity contribution in [1.82, 2.24) is 9.21 Å². The molecule has 2 aromatic rings. The number of carbonyl (C=O) groups excluding carboxylic acids is 1. The second-order valence-electron chi connectivity index (χ2n) is 6.68. The van der Waals surface area contributed by atoms with Crippen LogP contribution in [0.3, 0.4) is 0 Å². The third kappa shape index (κ3) is 5.69. The quantitative estimate of drug-likeness (QED) is 0.667. The van der Waals surface area contributed by atoms with Crippen LogP contribution in [0.4, 0.5) is 5.69 Å². The third-order valence-corrected chi connectivity index (χ3v) is 6.08. The number of hydrogen-bond acceptors (Lipinski definition) is 6. The molecule has 0 unspecified atom stereocenters. The molecule has 0 heterocycles. The Labute approximate surface area is 172 Å². The number of carbonyl (C=O) groups is 1. The number of anilines is 1. The lowest BCUT2D eigenvalue weighted by molar-refractivity contribution is -0.117. The highest BCUT2D eigenvalue weighted by molar-refractivity contribution is 7.89. The zero-order chi connectivity index (χ0) is 21.6. The first-order valence-electron chi connectivity index (χ1n) is 8.90. The largest absolute Gasteiger partial charge is 0.493 e. The number of methoxy groups -OCH3 is 2. The Kier molecular flexibility index (Phi) is 7.60. The van der Waals surface area contributed by atoms with E-state index >= 15 is 0 Å². The summed E-state index contributed by atoms with van der Waals surface area (Å²) >= 11 is 0. The van der Waals surface area contributed by atoms with E-state index in [1.165, 1.54) is 26.2 Å². The van der Waals surface area contributed by atoms with E-state index in [4.69, 9.17) is 9.47 Å². The summed E-state index contributed by atoms with van der Waals surface area (Å²) in [6, 6.07) is 11.7. The van der Waals surface area contributed by atoms with Gasteiger partial charge in [-0.25, -0.2) is 12.7 Å². The number of hydrogen-bond donors (Lipinski definition) is 1. The molecule has 9 heteroatoms. The van der Waals surface area contributed by atoms with Crippen molar-refractivity contribution in [2.24, 2.45) is 0 Å². The van der Waals surface area contributed by atoms with Crippen molar-refractivity contribution in [2.75, 3.05) is 47.2 Å². The molecule has 0 radical (unpaired) electrons. The Morgan fingerprint density at radius 2 is 1.66 bits per heavy atom. The van der Waals surface area contributed by atoms with Crippen molar-refractivity contribution in [2.45, 2.75) is 11.4 Å². The summed E-state index contributed by atoms with van der Waals surface area (Å²) in [5.41, 5.74) is 1.43. The van der Waals surface area contributed by atoms with Crippen LogP contribution in [0.15, 0.2) is 47.4 Å². The molecular formula is C20H27N3O5S. The molecule has 0 bridgehead atoms. The molecule has 0 aliphatic heterocycles. The minimum Gasteiger partial charge on any atom is -0.493 e. The normalized spacial score (nSPS) is 11.6. The summed E-state index contributed by atoms with van der Waals surface area (Å²) < 4.78 is 36.0. The molecule has 0 aliphatic carbocycles. The topological polar surface area (TPSA) is 88.2 Å². The van der Waals surface area contributed by atoms with Crippen LogP contribution in [-0.4, -0.2) is 65.4 Å². The number of benzene rings is 2. The number of sulfonamides is 1. The van der Waals surface area contributed by atoms with Crippen LogP contribution in [0.5, 0.6) is 11.5 Å². The summed E-state index contributed by atoms with van der Waals surface area (Å²) in [5, 5.41) is 2.77. The number of ether oxygens (including phenoxy) is 2. The van der Waals surface area contributed by atoms with Crippen LogP contribution in [0.1, 0.15) is 5.56 Å². The fraction of sp³-hybridized carbons (Fsp3) is 0.350. The number of rotatable bonds is 9. The molecule has 8 nitrogen and oxygen atoms in total. The summed E-state index contributed by atoms with van der Waals surface area (Å²) in [5.74, 6) is 1.06. The Morgan fingerprint density at radius 3 is 2.21 bits per heavy atom.